The molecule has 3 nitrogen and oxygen atoms in total. The number of aromatic amines is 1. The molecule has 0 atom stereocenters. The van der Waals surface area contributed by atoms with E-state index in [4.69, 9.17) is 10.5 Å². The summed E-state index contributed by atoms with van der Waals surface area (Å²) in [7, 11) is 1.68. The second-order valence-corrected chi connectivity index (χ2v) is 3.33. The first-order chi connectivity index (χ1) is 6.77. The molecule has 0 amide bonds. The van der Waals surface area contributed by atoms with Crippen molar-refractivity contribution in [2.45, 2.75) is 13.5 Å². The number of fused-ring (bicyclic) bond motifs is 1. The van der Waals surface area contributed by atoms with Gasteiger partial charge in [-0.3, -0.25) is 0 Å². The Balaban J connectivity index is 2.72. The van der Waals surface area contributed by atoms with Crippen molar-refractivity contribution in [2.24, 2.45) is 5.73 Å². The van der Waals surface area contributed by atoms with E-state index < -0.39 is 0 Å². The Bertz CT molecular complexity index is 460. The van der Waals surface area contributed by atoms with E-state index in [0.717, 1.165) is 22.4 Å². The Labute approximate surface area is 82.9 Å². The van der Waals surface area contributed by atoms with Crippen LogP contribution in [0.5, 0.6) is 5.75 Å². The fraction of sp³-hybridized carbons (Fsp3) is 0.273. The molecule has 0 aliphatic heterocycles. The van der Waals surface area contributed by atoms with Crippen LogP contribution in [0, 0.1) is 6.92 Å². The molecule has 0 bridgehead atoms. The van der Waals surface area contributed by atoms with Crippen LogP contribution in [-0.4, -0.2) is 12.1 Å². The molecule has 0 unspecified atom stereocenters. The molecule has 0 aliphatic carbocycles. The summed E-state index contributed by atoms with van der Waals surface area (Å²) in [6.45, 7) is 2.60. The quantitative estimate of drug-likeness (QED) is 0.760. The van der Waals surface area contributed by atoms with Crippen LogP contribution in [0.25, 0.3) is 10.9 Å². The first-order valence-corrected chi connectivity index (χ1v) is 4.61. The summed E-state index contributed by atoms with van der Waals surface area (Å²) in [4.78, 5) is 3.22. The highest BCUT2D eigenvalue weighted by Crippen LogP contribution is 2.28. The van der Waals surface area contributed by atoms with Crippen molar-refractivity contribution >= 4 is 10.9 Å². The van der Waals surface area contributed by atoms with E-state index in [0.29, 0.717) is 6.54 Å². The molecule has 1 aromatic heterocycles. The van der Waals surface area contributed by atoms with E-state index in [-0.39, 0.29) is 0 Å². The summed E-state index contributed by atoms with van der Waals surface area (Å²) >= 11 is 0. The van der Waals surface area contributed by atoms with Gasteiger partial charge in [0.1, 0.15) is 5.75 Å². The van der Waals surface area contributed by atoms with Crippen LogP contribution in [0.3, 0.4) is 0 Å². The zero-order valence-corrected chi connectivity index (χ0v) is 8.42. The summed E-state index contributed by atoms with van der Waals surface area (Å²) in [5.41, 5.74) is 9.02. The lowest BCUT2D eigenvalue weighted by atomic mass is 10.1. The standard InChI is InChI=1S/C11H14N2O/c1-7-10(14-2)4-3-9-8(5-12)6-13-11(7)9/h3-4,6,13H,5,12H2,1-2H3. The Morgan fingerprint density at radius 1 is 1.43 bits per heavy atom. The maximum absolute atomic E-state index is 5.63. The minimum Gasteiger partial charge on any atom is -0.496 e. The van der Waals surface area contributed by atoms with Gasteiger partial charge in [-0.2, -0.15) is 0 Å². The lowest BCUT2D eigenvalue weighted by Crippen LogP contribution is -1.94. The van der Waals surface area contributed by atoms with Crippen molar-refractivity contribution < 1.29 is 4.74 Å². The van der Waals surface area contributed by atoms with Crippen molar-refractivity contribution in [3.05, 3.63) is 29.5 Å². The number of H-pyrrole nitrogens is 1. The molecular weight excluding hydrogens is 176 g/mol. The van der Waals surface area contributed by atoms with Gasteiger partial charge in [-0.05, 0) is 24.6 Å². The SMILES string of the molecule is COc1ccc2c(CN)c[nH]c2c1C. The summed E-state index contributed by atoms with van der Waals surface area (Å²) in [6, 6.07) is 4.02. The van der Waals surface area contributed by atoms with E-state index in [9.17, 15) is 0 Å². The lowest BCUT2D eigenvalue weighted by molar-refractivity contribution is 0.412. The van der Waals surface area contributed by atoms with Crippen LogP contribution in [0.4, 0.5) is 0 Å². The number of hydrogen-bond donors (Lipinski definition) is 2. The number of hydrogen-bond acceptors (Lipinski definition) is 2. The molecule has 0 spiro atoms. The first-order valence-electron chi connectivity index (χ1n) is 4.61. The summed E-state index contributed by atoms with van der Waals surface area (Å²) in [6.07, 6.45) is 1.96. The molecular formula is C11H14N2O. The molecule has 0 fully saturated rings. The second kappa shape index (κ2) is 3.35. The van der Waals surface area contributed by atoms with Crippen molar-refractivity contribution in [3.8, 4) is 5.75 Å². The number of benzene rings is 1. The van der Waals surface area contributed by atoms with E-state index in [1.54, 1.807) is 7.11 Å². The van der Waals surface area contributed by atoms with Gasteiger partial charge >= 0.3 is 0 Å². The predicted octanol–water partition coefficient (Wildman–Crippen LogP) is 1.94. The number of aryl methyl sites for hydroxylation is 1. The van der Waals surface area contributed by atoms with Gasteiger partial charge < -0.3 is 15.5 Å². The Morgan fingerprint density at radius 3 is 2.86 bits per heavy atom. The first kappa shape index (κ1) is 9.09. The number of nitrogens with one attached hydrogen (secondary N) is 1. The number of nitrogens with two attached hydrogens (primary N) is 1. The minimum atomic E-state index is 0.561. The molecule has 2 rings (SSSR count). The minimum absolute atomic E-state index is 0.561. The maximum Gasteiger partial charge on any atom is 0.123 e. The van der Waals surface area contributed by atoms with Crippen LogP contribution >= 0.6 is 0 Å². The van der Waals surface area contributed by atoms with Gasteiger partial charge in [-0.1, -0.05) is 0 Å². The Morgan fingerprint density at radius 2 is 2.21 bits per heavy atom. The highest BCUT2D eigenvalue weighted by Gasteiger charge is 2.07. The molecule has 3 N–H and O–H groups in total. The van der Waals surface area contributed by atoms with E-state index in [1.165, 1.54) is 5.39 Å². The second-order valence-electron chi connectivity index (χ2n) is 3.33. The molecule has 0 saturated heterocycles. The van der Waals surface area contributed by atoms with E-state index >= 15 is 0 Å². The summed E-state index contributed by atoms with van der Waals surface area (Å²) in [5.74, 6) is 0.905. The number of aromatic nitrogens is 1. The van der Waals surface area contributed by atoms with Crippen LogP contribution in [-0.2, 0) is 6.54 Å². The third-order valence-corrected chi connectivity index (χ3v) is 2.59. The van der Waals surface area contributed by atoms with Crippen molar-refractivity contribution in [3.63, 3.8) is 0 Å². The molecule has 0 saturated carbocycles. The molecule has 2 aromatic rings. The van der Waals surface area contributed by atoms with Gasteiger partial charge in [0.2, 0.25) is 0 Å². The number of rotatable bonds is 2. The van der Waals surface area contributed by atoms with Crippen molar-refractivity contribution in [1.29, 1.82) is 0 Å². The molecule has 3 heteroatoms. The number of methoxy groups -OCH3 is 1. The van der Waals surface area contributed by atoms with Gasteiger partial charge in [0, 0.05) is 23.7 Å². The largest absolute Gasteiger partial charge is 0.496 e. The molecule has 1 aromatic carbocycles. The van der Waals surface area contributed by atoms with Crippen LogP contribution in [0.1, 0.15) is 11.1 Å². The van der Waals surface area contributed by atoms with Gasteiger partial charge in [0.25, 0.3) is 0 Å². The summed E-state index contributed by atoms with van der Waals surface area (Å²) < 4.78 is 5.24. The van der Waals surface area contributed by atoms with Crippen molar-refractivity contribution in [2.75, 3.05) is 7.11 Å². The topological polar surface area (TPSA) is 51.0 Å². The summed E-state index contributed by atoms with van der Waals surface area (Å²) in [5, 5.41) is 1.19. The lowest BCUT2D eigenvalue weighted by Gasteiger charge is -2.05. The third kappa shape index (κ3) is 1.17. The normalized spacial score (nSPS) is 10.8. The van der Waals surface area contributed by atoms with Crippen molar-refractivity contribution in [1.82, 2.24) is 4.98 Å². The van der Waals surface area contributed by atoms with Gasteiger partial charge in [-0.25, -0.2) is 0 Å². The zero-order valence-electron chi connectivity index (χ0n) is 8.42. The van der Waals surface area contributed by atoms with Crippen LogP contribution in [0.15, 0.2) is 18.3 Å². The molecule has 74 valence electrons. The van der Waals surface area contributed by atoms with Gasteiger partial charge in [0.05, 0.1) is 12.6 Å². The van der Waals surface area contributed by atoms with Crippen LogP contribution in [0.2, 0.25) is 0 Å². The van der Waals surface area contributed by atoms with E-state index in [2.05, 4.69) is 4.98 Å². The molecule has 14 heavy (non-hydrogen) atoms. The Hall–Kier alpha value is -1.48. The number of ether oxygens (including phenoxy) is 1. The fourth-order valence-electron chi connectivity index (χ4n) is 1.77. The van der Waals surface area contributed by atoms with Gasteiger partial charge in [-0.15, -0.1) is 0 Å². The molecule has 0 radical (unpaired) electrons. The monoisotopic (exact) mass is 190 g/mol. The maximum atomic E-state index is 5.63. The highest BCUT2D eigenvalue weighted by molar-refractivity contribution is 5.87. The zero-order chi connectivity index (χ0) is 10.1. The molecule has 0 aliphatic rings. The molecule has 1 heterocycles. The average Bonchev–Trinajstić information content (AvgIpc) is 2.62. The fourth-order valence-corrected chi connectivity index (χ4v) is 1.77. The average molecular weight is 190 g/mol. The van der Waals surface area contributed by atoms with Crippen LogP contribution < -0.4 is 10.5 Å². The predicted molar refractivity (Wildman–Crippen MR) is 57.5 cm³/mol. The van der Waals surface area contributed by atoms with E-state index in [1.807, 2.05) is 25.3 Å². The van der Waals surface area contributed by atoms with Gasteiger partial charge in [0.15, 0.2) is 0 Å². The highest BCUT2D eigenvalue weighted by atomic mass is 16.5. The Kier molecular flexibility index (Phi) is 2.17. The smallest absolute Gasteiger partial charge is 0.123 e. The third-order valence-electron chi connectivity index (χ3n) is 2.59.